The first kappa shape index (κ1) is 13.7. The molecule has 3 nitrogen and oxygen atoms in total. The Kier molecular flexibility index (Phi) is 3.35. The predicted octanol–water partition coefficient (Wildman–Crippen LogP) is 4.68. The molecule has 104 valence electrons. The van der Waals surface area contributed by atoms with Gasteiger partial charge < -0.3 is 5.11 Å². The number of halogens is 2. The normalized spacial score (nSPS) is 18.1. The van der Waals surface area contributed by atoms with Crippen LogP contribution in [0.15, 0.2) is 12.1 Å². The molecule has 0 saturated carbocycles. The second-order valence-electron chi connectivity index (χ2n) is 5.23. The lowest BCUT2D eigenvalue weighted by Crippen LogP contribution is -2.15. The minimum atomic E-state index is -0.943. The number of hydrogen-bond donors (Lipinski definition) is 1. The van der Waals surface area contributed by atoms with Crippen molar-refractivity contribution in [1.29, 1.82) is 0 Å². The van der Waals surface area contributed by atoms with E-state index in [1.54, 1.807) is 12.1 Å². The average Bonchev–Trinajstić information content (AvgIpc) is 2.36. The lowest BCUT2D eigenvalue weighted by Gasteiger charge is -2.24. The van der Waals surface area contributed by atoms with Gasteiger partial charge in [-0.2, -0.15) is 0 Å². The van der Waals surface area contributed by atoms with Crippen LogP contribution in [0.1, 0.15) is 47.3 Å². The van der Waals surface area contributed by atoms with Crippen LogP contribution in [0.25, 0.3) is 10.9 Å². The fourth-order valence-corrected chi connectivity index (χ4v) is 3.51. The van der Waals surface area contributed by atoms with Crippen molar-refractivity contribution in [3.63, 3.8) is 0 Å². The number of rotatable bonds is 1. The number of carboxylic acid groups (broad SMARTS) is 1. The van der Waals surface area contributed by atoms with Gasteiger partial charge in [0.25, 0.3) is 0 Å². The molecule has 0 spiro atoms. The summed E-state index contributed by atoms with van der Waals surface area (Å²) >= 11 is 12.2. The molecule has 1 aromatic heterocycles. The summed E-state index contributed by atoms with van der Waals surface area (Å²) < 4.78 is 0. The zero-order valence-electron chi connectivity index (χ0n) is 10.9. The summed E-state index contributed by atoms with van der Waals surface area (Å²) in [6, 6.07) is 3.24. The maximum absolute atomic E-state index is 11.7. The highest BCUT2D eigenvalue weighted by atomic mass is 35.5. The van der Waals surface area contributed by atoms with Crippen LogP contribution in [-0.2, 0) is 6.42 Å². The Bertz CT molecular complexity index is 728. The molecule has 0 bridgehead atoms. The summed E-state index contributed by atoms with van der Waals surface area (Å²) in [6.07, 6.45) is 2.75. The Hall–Kier alpha value is -1.32. The molecule has 3 rings (SSSR count). The number of aromatic nitrogens is 1. The highest BCUT2D eigenvalue weighted by Gasteiger charge is 2.26. The number of carbonyl (C=O) groups is 1. The molecule has 1 aromatic carbocycles. The van der Waals surface area contributed by atoms with Gasteiger partial charge in [-0.05, 0) is 42.9 Å². The lowest BCUT2D eigenvalue weighted by atomic mass is 9.84. The summed E-state index contributed by atoms with van der Waals surface area (Å²) in [5.74, 6) is -0.686. The van der Waals surface area contributed by atoms with E-state index in [0.717, 1.165) is 30.5 Å². The van der Waals surface area contributed by atoms with E-state index in [-0.39, 0.29) is 5.92 Å². The van der Waals surface area contributed by atoms with Crippen LogP contribution < -0.4 is 0 Å². The zero-order chi connectivity index (χ0) is 14.4. The maximum atomic E-state index is 11.7. The van der Waals surface area contributed by atoms with Gasteiger partial charge in [-0.15, -0.1) is 0 Å². The van der Waals surface area contributed by atoms with E-state index in [0.29, 0.717) is 26.5 Å². The minimum absolute atomic E-state index is 0.257. The minimum Gasteiger partial charge on any atom is -0.478 e. The first-order chi connectivity index (χ1) is 9.49. The molecule has 0 amide bonds. The number of nitrogens with zero attached hydrogens (tertiary/aromatic N) is 1. The smallest absolute Gasteiger partial charge is 0.336 e. The molecular formula is C15H13Cl2NO2. The Balaban J connectivity index is 2.47. The van der Waals surface area contributed by atoms with Crippen LogP contribution >= 0.6 is 23.2 Å². The lowest BCUT2D eigenvalue weighted by molar-refractivity contribution is 0.0697. The summed E-state index contributed by atoms with van der Waals surface area (Å²) in [5, 5.41) is 10.9. The topological polar surface area (TPSA) is 50.2 Å². The van der Waals surface area contributed by atoms with Gasteiger partial charge in [-0.3, -0.25) is 4.98 Å². The van der Waals surface area contributed by atoms with E-state index in [1.807, 2.05) is 0 Å². The summed E-state index contributed by atoms with van der Waals surface area (Å²) in [5.41, 5.74) is 2.54. The maximum Gasteiger partial charge on any atom is 0.336 e. The van der Waals surface area contributed by atoms with Crippen LogP contribution in [0.4, 0.5) is 0 Å². The van der Waals surface area contributed by atoms with Crippen molar-refractivity contribution in [2.24, 2.45) is 0 Å². The van der Waals surface area contributed by atoms with Gasteiger partial charge in [-0.1, -0.05) is 30.1 Å². The molecule has 2 aromatic rings. The Morgan fingerprint density at radius 3 is 2.85 bits per heavy atom. The third-order valence-corrected chi connectivity index (χ3v) is 4.39. The fourth-order valence-electron chi connectivity index (χ4n) is 2.98. The number of benzene rings is 1. The Morgan fingerprint density at radius 2 is 2.15 bits per heavy atom. The van der Waals surface area contributed by atoms with E-state index < -0.39 is 5.97 Å². The SMILES string of the molecule is CC1CCCc2c1nc1c(Cl)cc(Cl)cc1c2C(=O)O. The molecule has 1 N–H and O–H groups in total. The van der Waals surface area contributed by atoms with E-state index in [4.69, 9.17) is 23.2 Å². The number of pyridine rings is 1. The van der Waals surface area contributed by atoms with Crippen LogP contribution in [0.5, 0.6) is 0 Å². The van der Waals surface area contributed by atoms with Crippen LogP contribution in [0.3, 0.4) is 0 Å². The third-order valence-electron chi connectivity index (χ3n) is 3.89. The highest BCUT2D eigenvalue weighted by molar-refractivity contribution is 6.38. The van der Waals surface area contributed by atoms with Crippen molar-refractivity contribution in [3.8, 4) is 0 Å². The van der Waals surface area contributed by atoms with Crippen molar-refractivity contribution in [3.05, 3.63) is 39.0 Å². The van der Waals surface area contributed by atoms with E-state index in [9.17, 15) is 9.90 Å². The molecule has 0 aliphatic heterocycles. The third kappa shape index (κ3) is 2.05. The zero-order valence-corrected chi connectivity index (χ0v) is 12.4. The van der Waals surface area contributed by atoms with E-state index in [1.165, 1.54) is 0 Å². The fraction of sp³-hybridized carbons (Fsp3) is 0.333. The van der Waals surface area contributed by atoms with Crippen molar-refractivity contribution >= 4 is 40.1 Å². The van der Waals surface area contributed by atoms with E-state index >= 15 is 0 Å². The van der Waals surface area contributed by atoms with Gasteiger partial charge in [0, 0.05) is 16.1 Å². The molecule has 0 radical (unpaired) electrons. The largest absolute Gasteiger partial charge is 0.478 e. The van der Waals surface area contributed by atoms with Crippen molar-refractivity contribution in [2.45, 2.75) is 32.1 Å². The number of fused-ring (bicyclic) bond motifs is 2. The molecule has 1 heterocycles. The highest BCUT2D eigenvalue weighted by Crippen LogP contribution is 2.38. The van der Waals surface area contributed by atoms with Gasteiger partial charge in [0.1, 0.15) is 0 Å². The second-order valence-corrected chi connectivity index (χ2v) is 6.08. The second kappa shape index (κ2) is 4.90. The van der Waals surface area contributed by atoms with Crippen LogP contribution in [0.2, 0.25) is 10.0 Å². The number of hydrogen-bond acceptors (Lipinski definition) is 2. The first-order valence-electron chi connectivity index (χ1n) is 6.54. The van der Waals surface area contributed by atoms with Crippen molar-refractivity contribution in [1.82, 2.24) is 4.98 Å². The standard InChI is InChI=1S/C15H13Cl2NO2/c1-7-3-2-4-9-12(15(19)20)10-5-8(16)6-11(17)14(10)18-13(7)9/h5-7H,2-4H2,1H3,(H,19,20). The summed E-state index contributed by atoms with van der Waals surface area (Å²) in [7, 11) is 0. The number of carboxylic acids is 1. The van der Waals surface area contributed by atoms with Gasteiger partial charge in [-0.25, -0.2) is 4.79 Å². The van der Waals surface area contributed by atoms with Gasteiger partial charge in [0.05, 0.1) is 16.1 Å². The Morgan fingerprint density at radius 1 is 1.40 bits per heavy atom. The predicted molar refractivity (Wildman–Crippen MR) is 80.1 cm³/mol. The van der Waals surface area contributed by atoms with Crippen molar-refractivity contribution < 1.29 is 9.90 Å². The van der Waals surface area contributed by atoms with Crippen molar-refractivity contribution in [2.75, 3.05) is 0 Å². The molecule has 1 aliphatic carbocycles. The van der Waals surface area contributed by atoms with Crippen LogP contribution in [0, 0.1) is 0 Å². The number of aromatic carboxylic acids is 1. The Labute approximate surface area is 126 Å². The molecule has 1 atom stereocenters. The molecule has 20 heavy (non-hydrogen) atoms. The van der Waals surface area contributed by atoms with Gasteiger partial charge in [0.2, 0.25) is 0 Å². The quantitative estimate of drug-likeness (QED) is 0.832. The molecule has 0 fully saturated rings. The van der Waals surface area contributed by atoms with E-state index in [2.05, 4.69) is 11.9 Å². The van der Waals surface area contributed by atoms with Crippen LogP contribution in [-0.4, -0.2) is 16.1 Å². The first-order valence-corrected chi connectivity index (χ1v) is 7.29. The van der Waals surface area contributed by atoms with Gasteiger partial charge in [0.15, 0.2) is 0 Å². The summed E-state index contributed by atoms with van der Waals surface area (Å²) in [4.78, 5) is 16.3. The average molecular weight is 310 g/mol. The molecule has 0 saturated heterocycles. The molecule has 1 aliphatic rings. The molecular weight excluding hydrogens is 297 g/mol. The van der Waals surface area contributed by atoms with Gasteiger partial charge >= 0.3 is 5.97 Å². The molecule has 1 unspecified atom stereocenters. The monoisotopic (exact) mass is 309 g/mol. The summed E-state index contributed by atoms with van der Waals surface area (Å²) in [6.45, 7) is 2.08. The molecule has 5 heteroatoms.